The van der Waals surface area contributed by atoms with Crippen molar-refractivity contribution in [1.82, 2.24) is 0 Å². The van der Waals surface area contributed by atoms with Crippen LogP contribution in [0.2, 0.25) is 0 Å². The quantitative estimate of drug-likeness (QED) is 0.676. The summed E-state index contributed by atoms with van der Waals surface area (Å²) in [7, 11) is 0. The van der Waals surface area contributed by atoms with Crippen LogP contribution in [0.1, 0.15) is 33.4 Å². The van der Waals surface area contributed by atoms with E-state index in [2.05, 4.69) is 63.2 Å². The van der Waals surface area contributed by atoms with Crippen LogP contribution in [0.25, 0.3) is 5.57 Å². The smallest absolute Gasteiger partial charge is 0.00819 e. The summed E-state index contributed by atoms with van der Waals surface area (Å²) in [4.78, 5) is 0. The van der Waals surface area contributed by atoms with Crippen molar-refractivity contribution < 1.29 is 0 Å². The lowest BCUT2D eigenvalue weighted by Gasteiger charge is -2.13. The van der Waals surface area contributed by atoms with Crippen molar-refractivity contribution in [3.05, 3.63) is 75.9 Å². The minimum atomic E-state index is 1.07. The molecule has 0 aromatic heterocycles. The van der Waals surface area contributed by atoms with Gasteiger partial charge in [-0.05, 0) is 66.1 Å². The van der Waals surface area contributed by atoms with Gasteiger partial charge in [-0.3, -0.25) is 0 Å². The Labute approximate surface area is 109 Å². The van der Waals surface area contributed by atoms with Crippen molar-refractivity contribution in [3.63, 3.8) is 0 Å². The average molecular weight is 234 g/mol. The third-order valence-electron chi connectivity index (χ3n) is 4.18. The molecule has 0 N–H and O–H groups in total. The molecule has 0 unspecified atom stereocenters. The number of fused-ring (bicyclic) bond motifs is 1. The van der Waals surface area contributed by atoms with Gasteiger partial charge in [0.15, 0.2) is 0 Å². The first-order valence-electron chi connectivity index (χ1n) is 6.54. The van der Waals surface area contributed by atoms with Crippen LogP contribution >= 0.6 is 0 Å². The Balaban J connectivity index is 2.16. The molecule has 2 aromatic carbocycles. The predicted octanol–water partition coefficient (Wildman–Crippen LogP) is 4.60. The molecule has 0 radical (unpaired) electrons. The first kappa shape index (κ1) is 11.3. The standard InChI is InChI=1S/C18H18/c1-12-8-10-16(14(3)13(12)2)18-11-9-15-6-4-5-7-17(15)18/h4-8,10-11H,9H2,1-3H3. The van der Waals surface area contributed by atoms with E-state index in [0.29, 0.717) is 0 Å². The Kier molecular flexibility index (Phi) is 2.59. The van der Waals surface area contributed by atoms with Crippen LogP contribution in [0.3, 0.4) is 0 Å². The van der Waals surface area contributed by atoms with Gasteiger partial charge in [-0.2, -0.15) is 0 Å². The maximum absolute atomic E-state index is 2.36. The van der Waals surface area contributed by atoms with Gasteiger partial charge in [-0.1, -0.05) is 42.5 Å². The van der Waals surface area contributed by atoms with Crippen LogP contribution in [-0.2, 0) is 6.42 Å². The van der Waals surface area contributed by atoms with Crippen molar-refractivity contribution in [1.29, 1.82) is 0 Å². The zero-order chi connectivity index (χ0) is 12.7. The second-order valence-corrected chi connectivity index (χ2v) is 5.16. The Morgan fingerprint density at radius 3 is 2.39 bits per heavy atom. The van der Waals surface area contributed by atoms with E-state index in [9.17, 15) is 0 Å². The SMILES string of the molecule is Cc1ccc(C2=CCc3ccccc32)c(C)c1C. The van der Waals surface area contributed by atoms with Gasteiger partial charge < -0.3 is 0 Å². The van der Waals surface area contributed by atoms with Crippen LogP contribution in [0, 0.1) is 20.8 Å². The van der Waals surface area contributed by atoms with E-state index in [4.69, 9.17) is 0 Å². The minimum Gasteiger partial charge on any atom is -0.0716 e. The molecule has 1 aliphatic carbocycles. The van der Waals surface area contributed by atoms with Gasteiger partial charge in [0.05, 0.1) is 0 Å². The first-order chi connectivity index (χ1) is 8.68. The lowest BCUT2D eigenvalue weighted by atomic mass is 9.91. The summed E-state index contributed by atoms with van der Waals surface area (Å²) < 4.78 is 0. The second-order valence-electron chi connectivity index (χ2n) is 5.16. The zero-order valence-electron chi connectivity index (χ0n) is 11.2. The van der Waals surface area contributed by atoms with Crippen LogP contribution < -0.4 is 0 Å². The number of allylic oxidation sites excluding steroid dienone is 1. The topological polar surface area (TPSA) is 0 Å². The van der Waals surface area contributed by atoms with Gasteiger partial charge >= 0.3 is 0 Å². The van der Waals surface area contributed by atoms with E-state index in [-0.39, 0.29) is 0 Å². The van der Waals surface area contributed by atoms with Crippen molar-refractivity contribution in [3.8, 4) is 0 Å². The fraction of sp³-hybridized carbons (Fsp3) is 0.222. The van der Waals surface area contributed by atoms with E-state index >= 15 is 0 Å². The van der Waals surface area contributed by atoms with Crippen LogP contribution in [0.15, 0.2) is 42.5 Å². The van der Waals surface area contributed by atoms with Gasteiger partial charge in [-0.25, -0.2) is 0 Å². The highest BCUT2D eigenvalue weighted by atomic mass is 14.2. The molecule has 3 rings (SSSR count). The van der Waals surface area contributed by atoms with Gasteiger partial charge in [0.1, 0.15) is 0 Å². The molecule has 0 saturated carbocycles. The summed E-state index contributed by atoms with van der Waals surface area (Å²) >= 11 is 0. The van der Waals surface area contributed by atoms with Crippen molar-refractivity contribution >= 4 is 5.57 Å². The fourth-order valence-electron chi connectivity index (χ4n) is 2.79. The lowest BCUT2D eigenvalue weighted by Crippen LogP contribution is -1.95. The monoisotopic (exact) mass is 234 g/mol. The molecule has 0 nitrogen and oxygen atoms in total. The van der Waals surface area contributed by atoms with Crippen molar-refractivity contribution in [2.24, 2.45) is 0 Å². The predicted molar refractivity (Wildman–Crippen MR) is 77.9 cm³/mol. The normalized spacial score (nSPS) is 13.4. The number of hydrogen-bond donors (Lipinski definition) is 0. The highest BCUT2D eigenvalue weighted by molar-refractivity contribution is 5.86. The van der Waals surface area contributed by atoms with Gasteiger partial charge in [0, 0.05) is 0 Å². The van der Waals surface area contributed by atoms with E-state index in [0.717, 1.165) is 6.42 Å². The van der Waals surface area contributed by atoms with Gasteiger partial charge in [0.2, 0.25) is 0 Å². The lowest BCUT2D eigenvalue weighted by molar-refractivity contribution is 1.25. The maximum atomic E-state index is 2.36. The largest absolute Gasteiger partial charge is 0.0716 e. The maximum Gasteiger partial charge on any atom is -0.00819 e. The molecule has 0 fully saturated rings. The number of aryl methyl sites for hydroxylation is 1. The molecule has 18 heavy (non-hydrogen) atoms. The summed E-state index contributed by atoms with van der Waals surface area (Å²) in [6, 6.07) is 13.2. The fourth-order valence-corrected chi connectivity index (χ4v) is 2.79. The summed E-state index contributed by atoms with van der Waals surface area (Å²) in [5.74, 6) is 0. The highest BCUT2D eigenvalue weighted by Crippen LogP contribution is 2.35. The molecular weight excluding hydrogens is 216 g/mol. The Hall–Kier alpha value is -1.82. The summed E-state index contributed by atoms with van der Waals surface area (Å²) in [6.45, 7) is 6.64. The van der Waals surface area contributed by atoms with Crippen LogP contribution in [-0.4, -0.2) is 0 Å². The molecule has 0 bridgehead atoms. The van der Waals surface area contributed by atoms with Crippen LogP contribution in [0.4, 0.5) is 0 Å². The molecule has 0 heteroatoms. The van der Waals surface area contributed by atoms with Gasteiger partial charge in [-0.15, -0.1) is 0 Å². The third-order valence-corrected chi connectivity index (χ3v) is 4.18. The Morgan fingerprint density at radius 1 is 0.778 bits per heavy atom. The molecule has 90 valence electrons. The van der Waals surface area contributed by atoms with Crippen LogP contribution in [0.5, 0.6) is 0 Å². The molecule has 1 aliphatic rings. The molecule has 0 saturated heterocycles. The number of benzene rings is 2. The van der Waals surface area contributed by atoms with Gasteiger partial charge in [0.25, 0.3) is 0 Å². The molecule has 0 aliphatic heterocycles. The number of rotatable bonds is 1. The van der Waals surface area contributed by atoms with E-state index < -0.39 is 0 Å². The second kappa shape index (κ2) is 4.13. The molecule has 2 aromatic rings. The Bertz CT molecular complexity index is 645. The van der Waals surface area contributed by atoms with E-state index in [1.807, 2.05) is 0 Å². The summed E-state index contributed by atoms with van der Waals surface area (Å²) in [6.07, 6.45) is 3.43. The molecule has 0 heterocycles. The minimum absolute atomic E-state index is 1.07. The average Bonchev–Trinajstić information content (AvgIpc) is 2.80. The Morgan fingerprint density at radius 2 is 1.56 bits per heavy atom. The zero-order valence-corrected chi connectivity index (χ0v) is 11.2. The third kappa shape index (κ3) is 1.60. The van der Waals surface area contributed by atoms with E-state index in [1.54, 1.807) is 0 Å². The molecule has 0 amide bonds. The van der Waals surface area contributed by atoms with Crippen molar-refractivity contribution in [2.45, 2.75) is 27.2 Å². The summed E-state index contributed by atoms with van der Waals surface area (Å²) in [5.41, 5.74) is 9.86. The molecular formula is C18H18. The summed E-state index contributed by atoms with van der Waals surface area (Å²) in [5, 5.41) is 0. The molecule has 0 atom stereocenters. The van der Waals surface area contributed by atoms with Crippen molar-refractivity contribution in [2.75, 3.05) is 0 Å². The van der Waals surface area contributed by atoms with E-state index in [1.165, 1.54) is 39.0 Å². The highest BCUT2D eigenvalue weighted by Gasteiger charge is 2.17. The first-order valence-corrected chi connectivity index (χ1v) is 6.54. The molecule has 0 spiro atoms. The number of hydrogen-bond acceptors (Lipinski definition) is 0.